The molecule has 1 atom stereocenters. The van der Waals surface area contributed by atoms with E-state index >= 15 is 0 Å². The summed E-state index contributed by atoms with van der Waals surface area (Å²) in [5.41, 5.74) is 0. The van der Waals surface area contributed by atoms with Gasteiger partial charge in [-0.2, -0.15) is 16.9 Å². The largest absolute Gasteiger partial charge is 0.353 e. The quantitative estimate of drug-likeness (QED) is 0.834. The van der Waals surface area contributed by atoms with E-state index in [1.807, 2.05) is 30.2 Å². The van der Waals surface area contributed by atoms with Gasteiger partial charge < -0.3 is 9.80 Å². The van der Waals surface area contributed by atoms with Gasteiger partial charge >= 0.3 is 0 Å². The number of aromatic nitrogens is 2. The van der Waals surface area contributed by atoms with Crippen LogP contribution in [-0.2, 0) is 4.79 Å². The molecule has 2 rings (SSSR count). The Hall–Kier alpha value is -1.30. The Morgan fingerprint density at radius 2 is 2.21 bits per heavy atom. The highest BCUT2D eigenvalue weighted by atomic mass is 32.2. The number of hydrogen-bond donors (Lipinski definition) is 0. The number of nitrogens with zero attached hydrogens (tertiary/aromatic N) is 4. The van der Waals surface area contributed by atoms with Crippen LogP contribution in [0.5, 0.6) is 0 Å². The second-order valence-corrected chi connectivity index (χ2v) is 5.80. The first-order valence-corrected chi connectivity index (χ1v) is 7.85. The van der Waals surface area contributed by atoms with Gasteiger partial charge in [0.1, 0.15) is 0 Å². The van der Waals surface area contributed by atoms with E-state index in [0.717, 1.165) is 38.4 Å². The molecule has 0 spiro atoms. The summed E-state index contributed by atoms with van der Waals surface area (Å²) in [7, 11) is 0. The van der Waals surface area contributed by atoms with Crippen molar-refractivity contribution in [3.63, 3.8) is 0 Å². The smallest absolute Gasteiger partial charge is 0.235 e. The van der Waals surface area contributed by atoms with Crippen LogP contribution in [0.25, 0.3) is 0 Å². The molecule has 0 aromatic carbocycles. The van der Waals surface area contributed by atoms with Gasteiger partial charge in [0.05, 0.1) is 5.25 Å². The Kier molecular flexibility index (Phi) is 5.01. The molecule has 1 aromatic heterocycles. The van der Waals surface area contributed by atoms with Gasteiger partial charge in [0.15, 0.2) is 5.82 Å². The maximum absolute atomic E-state index is 12.2. The van der Waals surface area contributed by atoms with Crippen molar-refractivity contribution in [2.24, 2.45) is 0 Å². The van der Waals surface area contributed by atoms with Crippen molar-refractivity contribution in [1.29, 1.82) is 0 Å². The molecule has 0 bridgehead atoms. The van der Waals surface area contributed by atoms with E-state index < -0.39 is 0 Å². The molecule has 1 amide bonds. The zero-order chi connectivity index (χ0) is 13.7. The van der Waals surface area contributed by atoms with E-state index in [1.54, 1.807) is 18.0 Å². The van der Waals surface area contributed by atoms with E-state index in [4.69, 9.17) is 0 Å². The molecule has 19 heavy (non-hydrogen) atoms. The highest BCUT2D eigenvalue weighted by Gasteiger charge is 2.23. The third-order valence-corrected chi connectivity index (χ3v) is 4.30. The van der Waals surface area contributed by atoms with Crippen molar-refractivity contribution in [2.75, 3.05) is 37.3 Å². The van der Waals surface area contributed by atoms with Crippen molar-refractivity contribution < 1.29 is 4.79 Å². The third kappa shape index (κ3) is 3.59. The van der Waals surface area contributed by atoms with Gasteiger partial charge in [0.25, 0.3) is 0 Å². The van der Waals surface area contributed by atoms with Crippen molar-refractivity contribution in [2.45, 2.75) is 18.6 Å². The van der Waals surface area contributed by atoms with Gasteiger partial charge in [0, 0.05) is 32.4 Å². The number of rotatable bonds is 3. The predicted molar refractivity (Wildman–Crippen MR) is 78.4 cm³/mol. The zero-order valence-electron chi connectivity index (χ0n) is 11.5. The predicted octanol–water partition coefficient (Wildman–Crippen LogP) is 1.27. The van der Waals surface area contributed by atoms with Crippen LogP contribution < -0.4 is 4.90 Å². The summed E-state index contributed by atoms with van der Waals surface area (Å²) < 4.78 is 0. The minimum absolute atomic E-state index is 0.0445. The molecule has 1 aliphatic rings. The molecule has 0 aliphatic carbocycles. The standard InChI is InChI=1S/C13H20N4OS/c1-11(19-2)13(18)17-8-4-7-16(9-10-17)12-5-3-6-14-15-12/h3,5-6,11H,4,7-10H2,1-2H3/t11-/m1/s1. The normalized spacial score (nSPS) is 18.0. The van der Waals surface area contributed by atoms with Gasteiger partial charge in [-0.1, -0.05) is 0 Å². The molecule has 1 aliphatic heterocycles. The Bertz CT molecular complexity index is 414. The lowest BCUT2D eigenvalue weighted by Crippen LogP contribution is -2.39. The van der Waals surface area contributed by atoms with Gasteiger partial charge in [-0.25, -0.2) is 0 Å². The average molecular weight is 280 g/mol. The number of amides is 1. The van der Waals surface area contributed by atoms with Crippen molar-refractivity contribution in [3.05, 3.63) is 18.3 Å². The summed E-state index contributed by atoms with van der Waals surface area (Å²) in [4.78, 5) is 16.4. The molecule has 0 unspecified atom stereocenters. The summed E-state index contributed by atoms with van der Waals surface area (Å²) in [5, 5.41) is 8.09. The molecule has 0 radical (unpaired) electrons. The Morgan fingerprint density at radius 1 is 1.37 bits per heavy atom. The number of carbonyl (C=O) groups excluding carboxylic acids is 1. The zero-order valence-corrected chi connectivity index (χ0v) is 12.3. The van der Waals surface area contributed by atoms with E-state index in [9.17, 15) is 4.79 Å². The van der Waals surface area contributed by atoms with Crippen molar-refractivity contribution in [3.8, 4) is 0 Å². The van der Waals surface area contributed by atoms with E-state index in [-0.39, 0.29) is 11.2 Å². The summed E-state index contributed by atoms with van der Waals surface area (Å²) in [6, 6.07) is 3.86. The van der Waals surface area contributed by atoms with Gasteiger partial charge in [-0.3, -0.25) is 4.79 Å². The Labute approximate surface area is 118 Å². The Balaban J connectivity index is 1.97. The van der Waals surface area contributed by atoms with Gasteiger partial charge in [-0.15, -0.1) is 5.10 Å². The SMILES string of the molecule is CS[C@H](C)C(=O)N1CCCN(c2cccnn2)CC1. The lowest BCUT2D eigenvalue weighted by Gasteiger charge is -2.24. The van der Waals surface area contributed by atoms with Crippen LogP contribution in [0.3, 0.4) is 0 Å². The average Bonchev–Trinajstić information content (AvgIpc) is 2.72. The third-order valence-electron chi connectivity index (χ3n) is 3.39. The van der Waals surface area contributed by atoms with Crippen LogP contribution >= 0.6 is 11.8 Å². The lowest BCUT2D eigenvalue weighted by molar-refractivity contribution is -0.130. The lowest BCUT2D eigenvalue weighted by atomic mass is 10.3. The fourth-order valence-electron chi connectivity index (χ4n) is 2.19. The summed E-state index contributed by atoms with van der Waals surface area (Å²) in [6.07, 6.45) is 4.63. The van der Waals surface area contributed by atoms with E-state index in [1.165, 1.54) is 0 Å². The molecular formula is C13H20N4OS. The topological polar surface area (TPSA) is 49.3 Å². The molecule has 5 nitrogen and oxygen atoms in total. The maximum atomic E-state index is 12.2. The fraction of sp³-hybridized carbons (Fsp3) is 0.615. The van der Waals surface area contributed by atoms with E-state index in [0.29, 0.717) is 0 Å². The minimum atomic E-state index is 0.0445. The van der Waals surface area contributed by atoms with Crippen LogP contribution in [0.2, 0.25) is 0 Å². The molecule has 1 aromatic rings. The second-order valence-electron chi connectivity index (χ2n) is 4.63. The van der Waals surface area contributed by atoms with E-state index in [2.05, 4.69) is 15.1 Å². The number of anilines is 1. The van der Waals surface area contributed by atoms with Crippen LogP contribution in [0, 0.1) is 0 Å². The number of hydrogen-bond acceptors (Lipinski definition) is 5. The fourth-order valence-corrected chi connectivity index (χ4v) is 2.54. The first-order chi connectivity index (χ1) is 9.22. The molecule has 1 fully saturated rings. The van der Waals surface area contributed by atoms with Crippen LogP contribution in [-0.4, -0.2) is 58.7 Å². The maximum Gasteiger partial charge on any atom is 0.235 e. The molecular weight excluding hydrogens is 260 g/mol. The minimum Gasteiger partial charge on any atom is -0.353 e. The summed E-state index contributed by atoms with van der Waals surface area (Å²) in [6.45, 7) is 5.32. The van der Waals surface area contributed by atoms with Crippen LogP contribution in [0.4, 0.5) is 5.82 Å². The summed E-state index contributed by atoms with van der Waals surface area (Å²) in [5.74, 6) is 1.14. The number of carbonyl (C=O) groups is 1. The van der Waals surface area contributed by atoms with Crippen molar-refractivity contribution >= 4 is 23.5 Å². The monoisotopic (exact) mass is 280 g/mol. The molecule has 2 heterocycles. The molecule has 0 N–H and O–H groups in total. The highest BCUT2D eigenvalue weighted by molar-refractivity contribution is 7.99. The molecule has 0 saturated carbocycles. The Morgan fingerprint density at radius 3 is 2.89 bits per heavy atom. The highest BCUT2D eigenvalue weighted by Crippen LogP contribution is 2.15. The molecule has 6 heteroatoms. The van der Waals surface area contributed by atoms with Gasteiger partial charge in [-0.05, 0) is 31.7 Å². The van der Waals surface area contributed by atoms with Crippen LogP contribution in [0.1, 0.15) is 13.3 Å². The molecule has 1 saturated heterocycles. The number of thioether (sulfide) groups is 1. The first-order valence-electron chi connectivity index (χ1n) is 6.56. The van der Waals surface area contributed by atoms with Crippen molar-refractivity contribution in [1.82, 2.24) is 15.1 Å². The molecule has 104 valence electrons. The second kappa shape index (κ2) is 6.75. The van der Waals surface area contributed by atoms with Gasteiger partial charge in [0.2, 0.25) is 5.91 Å². The first kappa shape index (κ1) is 14.1. The summed E-state index contributed by atoms with van der Waals surface area (Å²) >= 11 is 1.60. The van der Waals surface area contributed by atoms with Crippen LogP contribution in [0.15, 0.2) is 18.3 Å².